The van der Waals surface area contributed by atoms with E-state index in [0.717, 1.165) is 0 Å². The van der Waals surface area contributed by atoms with Gasteiger partial charge in [0.05, 0.1) is 6.54 Å². The summed E-state index contributed by atoms with van der Waals surface area (Å²) in [7, 11) is 0. The standard InChI is InChI=1S/C11H21FN2O2/c1-10(2,3)16-9(15)14-6-8(12)5-11(4,13)7-14/h8H,5-7,13H2,1-4H3/t8-,11+/m0/s1. The van der Waals surface area contributed by atoms with E-state index in [2.05, 4.69) is 0 Å². The van der Waals surface area contributed by atoms with Crippen molar-refractivity contribution < 1.29 is 13.9 Å². The molecule has 94 valence electrons. The second kappa shape index (κ2) is 4.20. The van der Waals surface area contributed by atoms with E-state index in [0.29, 0.717) is 6.54 Å². The summed E-state index contributed by atoms with van der Waals surface area (Å²) in [5, 5.41) is 0. The SMILES string of the molecule is CC(C)(C)OC(=O)N1C[C@@H](F)C[C@@](C)(N)C1. The molecule has 1 heterocycles. The second-order valence-electron chi connectivity index (χ2n) is 5.82. The third-order valence-electron chi connectivity index (χ3n) is 2.31. The fourth-order valence-corrected chi connectivity index (χ4v) is 1.84. The lowest BCUT2D eigenvalue weighted by Crippen LogP contribution is -2.58. The van der Waals surface area contributed by atoms with Crippen molar-refractivity contribution in [3.63, 3.8) is 0 Å². The lowest BCUT2D eigenvalue weighted by molar-refractivity contribution is 0.00382. The number of carbonyl (C=O) groups excluding carboxylic acids is 1. The first kappa shape index (κ1) is 13.2. The summed E-state index contributed by atoms with van der Waals surface area (Å²) in [4.78, 5) is 13.1. The molecule has 0 bridgehead atoms. The topological polar surface area (TPSA) is 55.6 Å². The maximum absolute atomic E-state index is 13.4. The van der Waals surface area contributed by atoms with Gasteiger partial charge in [0.2, 0.25) is 0 Å². The van der Waals surface area contributed by atoms with Gasteiger partial charge in [-0.25, -0.2) is 9.18 Å². The zero-order chi connectivity index (χ0) is 12.6. The molecule has 1 amide bonds. The molecule has 0 aliphatic carbocycles. The highest BCUT2D eigenvalue weighted by Crippen LogP contribution is 2.22. The van der Waals surface area contributed by atoms with Crippen LogP contribution in [0.2, 0.25) is 0 Å². The van der Waals surface area contributed by atoms with Gasteiger partial charge < -0.3 is 15.4 Å². The Bertz CT molecular complexity index is 274. The van der Waals surface area contributed by atoms with Gasteiger partial charge in [0, 0.05) is 12.1 Å². The molecule has 0 spiro atoms. The maximum Gasteiger partial charge on any atom is 0.410 e. The number of hydrogen-bond acceptors (Lipinski definition) is 3. The van der Waals surface area contributed by atoms with Gasteiger partial charge >= 0.3 is 6.09 Å². The summed E-state index contributed by atoms with van der Waals surface area (Å²) in [6, 6.07) is 0. The minimum Gasteiger partial charge on any atom is -0.444 e. The first-order chi connectivity index (χ1) is 7.09. The van der Waals surface area contributed by atoms with Crippen molar-refractivity contribution in [2.45, 2.75) is 51.4 Å². The number of nitrogens with zero attached hydrogens (tertiary/aromatic N) is 1. The molecule has 0 radical (unpaired) electrons. The van der Waals surface area contributed by atoms with Crippen molar-refractivity contribution in [1.82, 2.24) is 4.90 Å². The first-order valence-corrected chi connectivity index (χ1v) is 5.50. The zero-order valence-corrected chi connectivity index (χ0v) is 10.4. The van der Waals surface area contributed by atoms with E-state index in [1.165, 1.54) is 4.90 Å². The van der Waals surface area contributed by atoms with E-state index in [1.54, 1.807) is 27.7 Å². The van der Waals surface area contributed by atoms with E-state index in [4.69, 9.17) is 10.5 Å². The fourth-order valence-electron chi connectivity index (χ4n) is 1.84. The third kappa shape index (κ3) is 3.96. The molecule has 0 saturated carbocycles. The molecule has 0 aromatic carbocycles. The zero-order valence-electron chi connectivity index (χ0n) is 10.4. The summed E-state index contributed by atoms with van der Waals surface area (Å²) in [5.74, 6) is 0. The molecule has 5 heteroatoms. The molecule has 0 unspecified atom stereocenters. The maximum atomic E-state index is 13.4. The highest BCUT2D eigenvalue weighted by atomic mass is 19.1. The molecule has 1 saturated heterocycles. The minimum absolute atomic E-state index is 0.0711. The Hall–Kier alpha value is -0.840. The normalized spacial score (nSPS) is 31.4. The molecule has 1 aliphatic rings. The molecular formula is C11H21FN2O2. The molecule has 2 N–H and O–H groups in total. The Morgan fingerprint density at radius 3 is 2.56 bits per heavy atom. The highest BCUT2D eigenvalue weighted by Gasteiger charge is 2.37. The third-order valence-corrected chi connectivity index (χ3v) is 2.31. The van der Waals surface area contributed by atoms with Crippen molar-refractivity contribution in [1.29, 1.82) is 0 Å². The summed E-state index contributed by atoms with van der Waals surface area (Å²) >= 11 is 0. The smallest absolute Gasteiger partial charge is 0.410 e. The Morgan fingerprint density at radius 2 is 2.12 bits per heavy atom. The van der Waals surface area contributed by atoms with E-state index in [1.807, 2.05) is 0 Å². The van der Waals surface area contributed by atoms with Gasteiger partial charge in [-0.2, -0.15) is 0 Å². The van der Waals surface area contributed by atoms with E-state index in [-0.39, 0.29) is 13.0 Å². The van der Waals surface area contributed by atoms with Crippen LogP contribution in [0.3, 0.4) is 0 Å². The van der Waals surface area contributed by atoms with E-state index < -0.39 is 23.4 Å². The number of ether oxygens (including phenoxy) is 1. The van der Waals surface area contributed by atoms with Gasteiger partial charge in [-0.15, -0.1) is 0 Å². The molecule has 1 aliphatic heterocycles. The molecule has 0 aromatic heterocycles. The number of nitrogens with two attached hydrogens (primary N) is 1. The summed E-state index contributed by atoms with van der Waals surface area (Å²) in [6.45, 7) is 7.50. The molecule has 16 heavy (non-hydrogen) atoms. The predicted molar refractivity (Wildman–Crippen MR) is 59.9 cm³/mol. The number of amides is 1. The number of likely N-dealkylation sites (tertiary alicyclic amines) is 1. The monoisotopic (exact) mass is 232 g/mol. The van der Waals surface area contributed by atoms with Crippen LogP contribution in [0.5, 0.6) is 0 Å². The Balaban J connectivity index is 2.63. The van der Waals surface area contributed by atoms with Crippen LogP contribution in [0, 0.1) is 0 Å². The number of halogens is 1. The Kier molecular flexibility index (Phi) is 3.47. The van der Waals surface area contributed by atoms with Crippen LogP contribution in [0.15, 0.2) is 0 Å². The first-order valence-electron chi connectivity index (χ1n) is 5.50. The lowest BCUT2D eigenvalue weighted by atomic mass is 9.91. The average molecular weight is 232 g/mol. The van der Waals surface area contributed by atoms with Crippen molar-refractivity contribution in [2.24, 2.45) is 5.73 Å². The summed E-state index contributed by atoms with van der Waals surface area (Å²) in [5.41, 5.74) is 4.63. The number of carbonyl (C=O) groups is 1. The number of alkyl halides is 1. The van der Waals surface area contributed by atoms with Crippen LogP contribution in [0.25, 0.3) is 0 Å². The van der Waals surface area contributed by atoms with Crippen LogP contribution in [-0.4, -0.2) is 41.4 Å². The highest BCUT2D eigenvalue weighted by molar-refractivity contribution is 5.68. The Morgan fingerprint density at radius 1 is 1.56 bits per heavy atom. The predicted octanol–water partition coefficient (Wildman–Crippen LogP) is 1.68. The van der Waals surface area contributed by atoms with Crippen LogP contribution in [-0.2, 0) is 4.74 Å². The van der Waals surface area contributed by atoms with Gasteiger partial charge in [0.15, 0.2) is 0 Å². The summed E-state index contributed by atoms with van der Waals surface area (Å²) < 4.78 is 18.6. The fraction of sp³-hybridized carbons (Fsp3) is 0.909. The summed E-state index contributed by atoms with van der Waals surface area (Å²) in [6.07, 6.45) is -1.28. The lowest BCUT2D eigenvalue weighted by Gasteiger charge is -2.39. The molecule has 0 aromatic rings. The number of piperidine rings is 1. The van der Waals surface area contributed by atoms with Crippen LogP contribution in [0.4, 0.5) is 9.18 Å². The quantitative estimate of drug-likeness (QED) is 0.691. The van der Waals surface area contributed by atoms with Gasteiger partial charge in [0.25, 0.3) is 0 Å². The van der Waals surface area contributed by atoms with Crippen LogP contribution >= 0.6 is 0 Å². The van der Waals surface area contributed by atoms with E-state index in [9.17, 15) is 9.18 Å². The van der Waals surface area contributed by atoms with E-state index >= 15 is 0 Å². The van der Waals surface area contributed by atoms with Crippen molar-refractivity contribution in [3.8, 4) is 0 Å². The molecule has 4 nitrogen and oxygen atoms in total. The van der Waals surface area contributed by atoms with Gasteiger partial charge in [-0.05, 0) is 34.1 Å². The minimum atomic E-state index is -1.07. The Labute approximate surface area is 95.9 Å². The van der Waals surface area contributed by atoms with Crippen LogP contribution in [0.1, 0.15) is 34.1 Å². The number of rotatable bonds is 0. The molecular weight excluding hydrogens is 211 g/mol. The van der Waals surface area contributed by atoms with Crippen LogP contribution < -0.4 is 5.73 Å². The molecule has 1 rings (SSSR count). The molecule has 1 fully saturated rings. The van der Waals surface area contributed by atoms with Gasteiger partial charge in [0.1, 0.15) is 11.8 Å². The van der Waals surface area contributed by atoms with Gasteiger partial charge in [-0.1, -0.05) is 0 Å². The van der Waals surface area contributed by atoms with Crippen molar-refractivity contribution in [3.05, 3.63) is 0 Å². The number of hydrogen-bond donors (Lipinski definition) is 1. The van der Waals surface area contributed by atoms with Gasteiger partial charge in [-0.3, -0.25) is 0 Å². The second-order valence-corrected chi connectivity index (χ2v) is 5.82. The van der Waals surface area contributed by atoms with Crippen molar-refractivity contribution >= 4 is 6.09 Å². The largest absolute Gasteiger partial charge is 0.444 e. The average Bonchev–Trinajstić information content (AvgIpc) is 1.96. The van der Waals surface area contributed by atoms with Crippen molar-refractivity contribution in [2.75, 3.05) is 13.1 Å². The molecule has 2 atom stereocenters.